The van der Waals surface area contributed by atoms with Crippen LogP contribution in [0.1, 0.15) is 0 Å². The molecule has 0 atom stereocenters. The van der Waals surface area contributed by atoms with Crippen LogP contribution in [-0.4, -0.2) is 26.2 Å². The average Bonchev–Trinajstić information content (AvgIpc) is 2.73. The van der Waals surface area contributed by atoms with E-state index in [9.17, 15) is 9.18 Å². The molecule has 0 amide bonds. The quantitative estimate of drug-likeness (QED) is 0.385. The molecular weight excluding hydrogens is 355 g/mol. The number of rotatable bonds is 2. The summed E-state index contributed by atoms with van der Waals surface area (Å²) >= 11 is 0. The molecule has 5 heteroatoms. The van der Waals surface area contributed by atoms with E-state index in [4.69, 9.17) is 4.42 Å². The van der Waals surface area contributed by atoms with Gasteiger partial charge in [-0.3, -0.25) is 0 Å². The lowest BCUT2D eigenvalue weighted by atomic mass is 10.1. The first kappa shape index (κ1) is 16.8. The van der Waals surface area contributed by atoms with Gasteiger partial charge in [-0.15, -0.1) is 0 Å². The molecule has 5 rings (SSSR count). The minimum Gasteiger partial charge on any atom is -0.422 e. The molecule has 0 bridgehead atoms. The Balaban J connectivity index is 1.51. The van der Waals surface area contributed by atoms with Gasteiger partial charge in [0.1, 0.15) is 11.4 Å². The van der Waals surface area contributed by atoms with E-state index in [0.717, 1.165) is 21.8 Å². The van der Waals surface area contributed by atoms with Crippen LogP contribution in [0, 0.1) is 5.82 Å². The number of piperazine rings is 1. The molecule has 4 aromatic rings. The van der Waals surface area contributed by atoms with Crippen LogP contribution in [0.3, 0.4) is 0 Å². The number of benzene rings is 3. The van der Waals surface area contributed by atoms with E-state index in [2.05, 4.69) is 15.9 Å². The summed E-state index contributed by atoms with van der Waals surface area (Å²) in [6.45, 7) is 2.80. The molecule has 0 radical (unpaired) electrons. The number of para-hydroxylation sites is 1. The van der Waals surface area contributed by atoms with Crippen LogP contribution in [0.25, 0.3) is 21.7 Å². The Morgan fingerprint density at radius 3 is 2.21 bits per heavy atom. The maximum Gasteiger partial charge on any atom is 0.338 e. The Bertz CT molecular complexity index is 1230. The molecule has 3 aromatic carbocycles. The second-order valence-corrected chi connectivity index (χ2v) is 7.04. The van der Waals surface area contributed by atoms with Crippen molar-refractivity contribution < 1.29 is 8.81 Å². The van der Waals surface area contributed by atoms with Crippen LogP contribution in [-0.2, 0) is 0 Å². The topological polar surface area (TPSA) is 36.7 Å². The molecule has 1 aliphatic rings. The van der Waals surface area contributed by atoms with E-state index < -0.39 is 0 Å². The number of halogens is 1. The van der Waals surface area contributed by atoms with E-state index in [-0.39, 0.29) is 11.4 Å². The Morgan fingerprint density at radius 2 is 1.43 bits per heavy atom. The van der Waals surface area contributed by atoms with E-state index in [1.165, 1.54) is 6.07 Å². The Kier molecular flexibility index (Phi) is 4.01. The first-order chi connectivity index (χ1) is 13.7. The zero-order valence-corrected chi connectivity index (χ0v) is 15.3. The van der Waals surface area contributed by atoms with Crippen molar-refractivity contribution in [3.63, 3.8) is 0 Å². The molecule has 4 nitrogen and oxygen atoms in total. The molecule has 1 fully saturated rings. The largest absolute Gasteiger partial charge is 0.422 e. The van der Waals surface area contributed by atoms with Crippen molar-refractivity contribution in [3.05, 3.63) is 83.0 Å². The second-order valence-electron chi connectivity index (χ2n) is 7.04. The van der Waals surface area contributed by atoms with Gasteiger partial charge in [0.15, 0.2) is 0 Å². The molecule has 1 aromatic heterocycles. The van der Waals surface area contributed by atoms with Crippen molar-refractivity contribution in [1.29, 1.82) is 0 Å². The van der Waals surface area contributed by atoms with Crippen molar-refractivity contribution in [2.24, 2.45) is 0 Å². The third-order valence-electron chi connectivity index (χ3n) is 5.43. The van der Waals surface area contributed by atoms with Gasteiger partial charge in [0.2, 0.25) is 0 Å². The van der Waals surface area contributed by atoms with Crippen LogP contribution in [0.5, 0.6) is 0 Å². The van der Waals surface area contributed by atoms with Crippen LogP contribution in [0.4, 0.5) is 15.8 Å². The lowest BCUT2D eigenvalue weighted by Gasteiger charge is -2.37. The summed E-state index contributed by atoms with van der Waals surface area (Å²) in [5.74, 6) is -0.201. The fourth-order valence-electron chi connectivity index (χ4n) is 4.03. The highest BCUT2D eigenvalue weighted by Crippen LogP contribution is 2.32. The summed E-state index contributed by atoms with van der Waals surface area (Å²) < 4.78 is 19.7. The van der Waals surface area contributed by atoms with Gasteiger partial charge in [-0.25, -0.2) is 9.18 Å². The minimum atomic E-state index is -0.351. The predicted octanol–water partition coefficient (Wildman–Crippen LogP) is 4.41. The van der Waals surface area contributed by atoms with Gasteiger partial charge in [-0.2, -0.15) is 0 Å². The first-order valence-corrected chi connectivity index (χ1v) is 9.41. The van der Waals surface area contributed by atoms with E-state index >= 15 is 0 Å². The van der Waals surface area contributed by atoms with Crippen LogP contribution < -0.4 is 15.4 Å². The third-order valence-corrected chi connectivity index (χ3v) is 5.43. The number of anilines is 2. The summed E-state index contributed by atoms with van der Waals surface area (Å²) in [5, 5.41) is 2.90. The van der Waals surface area contributed by atoms with Crippen LogP contribution >= 0.6 is 0 Å². The van der Waals surface area contributed by atoms with Crippen molar-refractivity contribution >= 4 is 33.1 Å². The van der Waals surface area contributed by atoms with E-state index in [1.54, 1.807) is 12.1 Å². The van der Waals surface area contributed by atoms with Gasteiger partial charge in [-0.1, -0.05) is 42.5 Å². The van der Waals surface area contributed by atoms with Gasteiger partial charge < -0.3 is 14.2 Å². The van der Waals surface area contributed by atoms with Gasteiger partial charge in [0, 0.05) is 43.0 Å². The van der Waals surface area contributed by atoms with E-state index in [1.807, 2.05) is 42.5 Å². The summed E-state index contributed by atoms with van der Waals surface area (Å²) in [5.41, 5.74) is 1.78. The number of fused-ring (bicyclic) bond motifs is 3. The highest BCUT2D eigenvalue weighted by atomic mass is 19.1. The first-order valence-electron chi connectivity index (χ1n) is 9.41. The molecule has 0 aliphatic carbocycles. The lowest BCUT2D eigenvalue weighted by molar-refractivity contribution is 0.561. The highest BCUT2D eigenvalue weighted by molar-refractivity contribution is 6.08. The Hall–Kier alpha value is -3.34. The summed E-state index contributed by atoms with van der Waals surface area (Å²) in [6.07, 6.45) is 0. The predicted molar refractivity (Wildman–Crippen MR) is 111 cm³/mol. The molecule has 0 N–H and O–H groups in total. The van der Waals surface area contributed by atoms with E-state index in [0.29, 0.717) is 37.4 Å². The van der Waals surface area contributed by atoms with Gasteiger partial charge >= 0.3 is 5.63 Å². The van der Waals surface area contributed by atoms with Crippen molar-refractivity contribution in [2.45, 2.75) is 0 Å². The SMILES string of the molecule is O=c1cc(N2CCN(c3ccccc3F)CC2)c2ccc3ccccc3c2o1. The standard InChI is InChI=1S/C23H19FN2O2/c24-19-7-3-4-8-20(19)25-11-13-26(14-12-25)21-15-22(27)28-23-17-6-2-1-5-16(17)9-10-18(21)23/h1-10,15H,11-14H2. The molecule has 0 unspecified atom stereocenters. The molecule has 140 valence electrons. The summed E-state index contributed by atoms with van der Waals surface area (Å²) in [6, 6.07) is 20.4. The molecule has 28 heavy (non-hydrogen) atoms. The van der Waals surface area contributed by atoms with Gasteiger partial charge in [0.05, 0.1) is 11.4 Å². The number of hydrogen-bond acceptors (Lipinski definition) is 4. The minimum absolute atomic E-state index is 0.201. The summed E-state index contributed by atoms with van der Waals surface area (Å²) in [4.78, 5) is 16.5. The van der Waals surface area contributed by atoms with Crippen molar-refractivity contribution in [2.75, 3.05) is 36.0 Å². The van der Waals surface area contributed by atoms with Crippen molar-refractivity contribution in [1.82, 2.24) is 0 Å². The van der Waals surface area contributed by atoms with Crippen molar-refractivity contribution in [3.8, 4) is 0 Å². The second kappa shape index (κ2) is 6.68. The van der Waals surface area contributed by atoms with Crippen LogP contribution in [0.15, 0.2) is 75.9 Å². The smallest absolute Gasteiger partial charge is 0.338 e. The average molecular weight is 374 g/mol. The monoisotopic (exact) mass is 374 g/mol. The Morgan fingerprint density at radius 1 is 0.750 bits per heavy atom. The fourth-order valence-corrected chi connectivity index (χ4v) is 4.03. The maximum atomic E-state index is 14.1. The molecule has 1 saturated heterocycles. The number of hydrogen-bond donors (Lipinski definition) is 0. The molecule has 1 aliphatic heterocycles. The third kappa shape index (κ3) is 2.80. The molecular formula is C23H19FN2O2. The summed E-state index contributed by atoms with van der Waals surface area (Å²) in [7, 11) is 0. The zero-order chi connectivity index (χ0) is 19.1. The van der Waals surface area contributed by atoms with Gasteiger partial charge in [-0.05, 0) is 23.6 Å². The highest BCUT2D eigenvalue weighted by Gasteiger charge is 2.22. The zero-order valence-electron chi connectivity index (χ0n) is 15.3. The number of nitrogens with zero attached hydrogens (tertiary/aromatic N) is 2. The molecule has 0 spiro atoms. The lowest BCUT2D eigenvalue weighted by Crippen LogP contribution is -2.47. The van der Waals surface area contributed by atoms with Crippen LogP contribution in [0.2, 0.25) is 0 Å². The Labute approximate surface area is 161 Å². The molecule has 0 saturated carbocycles. The van der Waals surface area contributed by atoms with Gasteiger partial charge in [0.25, 0.3) is 0 Å². The fraction of sp³-hybridized carbons (Fsp3) is 0.174. The maximum absolute atomic E-state index is 14.1. The molecule has 2 heterocycles. The normalized spacial score (nSPS) is 14.8.